The number of rotatable bonds is 6. The second-order valence-corrected chi connectivity index (χ2v) is 6.35. The van der Waals surface area contributed by atoms with E-state index < -0.39 is 5.97 Å². The average Bonchev–Trinajstić information content (AvgIpc) is 2.94. The fraction of sp³-hybridized carbons (Fsp3) is 0.714. The minimum absolute atomic E-state index is 0.387. The first-order valence-electron chi connectivity index (χ1n) is 7.04. The van der Waals surface area contributed by atoms with Gasteiger partial charge in [-0.1, -0.05) is 20.3 Å². The van der Waals surface area contributed by atoms with Crippen molar-refractivity contribution in [1.29, 1.82) is 0 Å². The highest BCUT2D eigenvalue weighted by Gasteiger charge is 2.33. The number of aromatic nitrogens is 1. The van der Waals surface area contributed by atoms with Gasteiger partial charge in [-0.3, -0.25) is 4.79 Å². The number of aryl methyl sites for hydroxylation is 1. The normalized spacial score (nSPS) is 19.2. The van der Waals surface area contributed by atoms with E-state index in [0.717, 1.165) is 36.8 Å². The topological polar surface area (TPSA) is 53.4 Å². The van der Waals surface area contributed by atoms with E-state index in [4.69, 9.17) is 0 Å². The lowest BCUT2D eigenvalue weighted by Crippen LogP contribution is -2.28. The van der Waals surface area contributed by atoms with E-state index in [-0.39, 0.29) is 5.92 Å². The Balaban J connectivity index is 2.18. The molecule has 0 radical (unpaired) electrons. The monoisotopic (exact) mass is 282 g/mol. The molecule has 1 N–H and O–H groups in total. The summed E-state index contributed by atoms with van der Waals surface area (Å²) < 4.78 is 0. The van der Waals surface area contributed by atoms with Gasteiger partial charge in [0.1, 0.15) is 5.92 Å². The van der Waals surface area contributed by atoms with Crippen LogP contribution in [-0.2, 0) is 11.2 Å². The van der Waals surface area contributed by atoms with Crippen molar-refractivity contribution in [2.24, 2.45) is 5.92 Å². The van der Waals surface area contributed by atoms with Crippen LogP contribution in [0.3, 0.4) is 0 Å². The fourth-order valence-electron chi connectivity index (χ4n) is 2.44. The molecule has 1 aliphatic carbocycles. The van der Waals surface area contributed by atoms with Crippen molar-refractivity contribution in [1.82, 2.24) is 4.98 Å². The number of carbonyl (C=O) groups is 1. The Morgan fingerprint density at radius 3 is 2.89 bits per heavy atom. The Hall–Kier alpha value is -1.10. The molecule has 0 fully saturated rings. The lowest BCUT2D eigenvalue weighted by Gasteiger charge is -2.23. The second kappa shape index (κ2) is 5.90. The van der Waals surface area contributed by atoms with Crippen LogP contribution in [0.5, 0.6) is 0 Å². The highest BCUT2D eigenvalue weighted by atomic mass is 32.1. The molecule has 0 bridgehead atoms. The van der Waals surface area contributed by atoms with Crippen LogP contribution >= 0.6 is 11.3 Å². The average molecular weight is 282 g/mol. The third-order valence-corrected chi connectivity index (χ3v) is 5.08. The molecular weight excluding hydrogens is 260 g/mol. The van der Waals surface area contributed by atoms with Gasteiger partial charge in [-0.05, 0) is 25.7 Å². The number of anilines is 1. The van der Waals surface area contributed by atoms with E-state index in [2.05, 4.69) is 30.7 Å². The first-order valence-corrected chi connectivity index (χ1v) is 7.85. The van der Waals surface area contributed by atoms with E-state index in [9.17, 15) is 9.90 Å². The Kier molecular flexibility index (Phi) is 4.45. The maximum atomic E-state index is 11.2. The molecule has 2 unspecified atom stereocenters. The summed E-state index contributed by atoms with van der Waals surface area (Å²) >= 11 is 1.68. The molecule has 1 aromatic rings. The van der Waals surface area contributed by atoms with Crippen LogP contribution in [0.4, 0.5) is 5.13 Å². The standard InChI is InChI=1S/C14H22N2O2S/c1-4-9(3)8-16(5-2)14-15-12-10(13(17)18)6-7-11(12)19-14/h9-10H,4-8H2,1-3H3,(H,17,18). The van der Waals surface area contributed by atoms with Gasteiger partial charge in [0, 0.05) is 18.0 Å². The van der Waals surface area contributed by atoms with Gasteiger partial charge in [-0.25, -0.2) is 4.98 Å². The number of nitrogens with zero attached hydrogens (tertiary/aromatic N) is 2. The molecule has 0 aromatic carbocycles. The molecule has 106 valence electrons. The summed E-state index contributed by atoms with van der Waals surface area (Å²) in [7, 11) is 0. The van der Waals surface area contributed by atoms with E-state index >= 15 is 0 Å². The number of carboxylic acid groups (broad SMARTS) is 1. The van der Waals surface area contributed by atoms with Crippen LogP contribution in [0, 0.1) is 5.92 Å². The molecule has 0 saturated carbocycles. The van der Waals surface area contributed by atoms with Crippen molar-refractivity contribution >= 4 is 22.4 Å². The molecule has 4 nitrogen and oxygen atoms in total. The predicted octanol–water partition coefficient (Wildman–Crippen LogP) is 3.13. The Bertz CT molecular complexity index is 458. The third-order valence-electron chi connectivity index (χ3n) is 3.89. The molecule has 19 heavy (non-hydrogen) atoms. The maximum Gasteiger partial charge on any atom is 0.312 e. The number of thiazole rings is 1. The van der Waals surface area contributed by atoms with Crippen LogP contribution in [-0.4, -0.2) is 29.1 Å². The lowest BCUT2D eigenvalue weighted by atomic mass is 10.1. The molecule has 1 aliphatic rings. The fourth-order valence-corrected chi connectivity index (χ4v) is 3.65. The largest absolute Gasteiger partial charge is 0.481 e. The molecule has 2 atom stereocenters. The van der Waals surface area contributed by atoms with Crippen LogP contribution in [0.1, 0.15) is 50.1 Å². The van der Waals surface area contributed by atoms with Gasteiger partial charge in [0.25, 0.3) is 0 Å². The Labute approximate surface area is 118 Å². The summed E-state index contributed by atoms with van der Waals surface area (Å²) in [6, 6.07) is 0. The van der Waals surface area contributed by atoms with Gasteiger partial charge in [0.2, 0.25) is 0 Å². The van der Waals surface area contributed by atoms with Crippen LogP contribution in [0.15, 0.2) is 0 Å². The molecule has 0 spiro atoms. The molecule has 1 heterocycles. The smallest absolute Gasteiger partial charge is 0.312 e. The predicted molar refractivity (Wildman–Crippen MR) is 78.2 cm³/mol. The van der Waals surface area contributed by atoms with Crippen molar-refractivity contribution < 1.29 is 9.90 Å². The van der Waals surface area contributed by atoms with Gasteiger partial charge < -0.3 is 10.0 Å². The third kappa shape index (κ3) is 2.91. The first kappa shape index (κ1) is 14.3. The SMILES string of the molecule is CCC(C)CN(CC)c1nc2c(s1)CCC2C(=O)O. The van der Waals surface area contributed by atoms with E-state index in [1.54, 1.807) is 11.3 Å². The molecule has 0 saturated heterocycles. The number of aliphatic carboxylic acids is 1. The summed E-state index contributed by atoms with van der Waals surface area (Å²) in [4.78, 5) is 19.2. The number of hydrogen-bond donors (Lipinski definition) is 1. The summed E-state index contributed by atoms with van der Waals surface area (Å²) in [6.45, 7) is 8.49. The lowest BCUT2D eigenvalue weighted by molar-refractivity contribution is -0.138. The van der Waals surface area contributed by atoms with Crippen molar-refractivity contribution in [3.63, 3.8) is 0 Å². The van der Waals surface area contributed by atoms with E-state index in [0.29, 0.717) is 12.3 Å². The molecule has 2 rings (SSSR count). The summed E-state index contributed by atoms with van der Waals surface area (Å²) in [5.74, 6) is -0.489. The zero-order valence-electron chi connectivity index (χ0n) is 11.8. The Morgan fingerprint density at radius 1 is 1.58 bits per heavy atom. The van der Waals surface area contributed by atoms with Gasteiger partial charge in [0.05, 0.1) is 5.69 Å². The van der Waals surface area contributed by atoms with Gasteiger partial charge in [-0.15, -0.1) is 11.3 Å². The van der Waals surface area contributed by atoms with Gasteiger partial charge >= 0.3 is 5.97 Å². The molecule has 0 amide bonds. The summed E-state index contributed by atoms with van der Waals surface area (Å²) in [5, 5.41) is 10.2. The van der Waals surface area contributed by atoms with E-state index in [1.807, 2.05) is 0 Å². The minimum atomic E-state index is -0.736. The van der Waals surface area contributed by atoms with Gasteiger partial charge in [0.15, 0.2) is 5.13 Å². The van der Waals surface area contributed by atoms with Crippen molar-refractivity contribution in [2.75, 3.05) is 18.0 Å². The molecule has 5 heteroatoms. The van der Waals surface area contributed by atoms with Crippen LogP contribution in [0.2, 0.25) is 0 Å². The molecule has 0 aliphatic heterocycles. The van der Waals surface area contributed by atoms with Crippen LogP contribution < -0.4 is 4.90 Å². The summed E-state index contributed by atoms with van der Waals surface area (Å²) in [6.07, 6.45) is 2.73. The van der Waals surface area contributed by atoms with Gasteiger partial charge in [-0.2, -0.15) is 0 Å². The number of carboxylic acids is 1. The molecule has 1 aromatic heterocycles. The highest BCUT2D eigenvalue weighted by molar-refractivity contribution is 7.15. The number of fused-ring (bicyclic) bond motifs is 1. The first-order chi connectivity index (χ1) is 9.06. The van der Waals surface area contributed by atoms with Crippen molar-refractivity contribution in [2.45, 2.75) is 46.0 Å². The number of hydrogen-bond acceptors (Lipinski definition) is 4. The second-order valence-electron chi connectivity index (χ2n) is 5.29. The zero-order chi connectivity index (χ0) is 14.0. The maximum absolute atomic E-state index is 11.2. The van der Waals surface area contributed by atoms with Crippen molar-refractivity contribution in [3.8, 4) is 0 Å². The zero-order valence-corrected chi connectivity index (χ0v) is 12.7. The minimum Gasteiger partial charge on any atom is -0.481 e. The quantitative estimate of drug-likeness (QED) is 0.871. The van der Waals surface area contributed by atoms with Crippen molar-refractivity contribution in [3.05, 3.63) is 10.6 Å². The van der Waals surface area contributed by atoms with Crippen LogP contribution in [0.25, 0.3) is 0 Å². The Morgan fingerprint density at radius 2 is 2.32 bits per heavy atom. The molecular formula is C14H22N2O2S. The highest BCUT2D eigenvalue weighted by Crippen LogP contribution is 2.39. The van der Waals surface area contributed by atoms with E-state index in [1.165, 1.54) is 4.88 Å². The summed E-state index contributed by atoms with van der Waals surface area (Å²) in [5.41, 5.74) is 0.815.